The molecule has 3 aromatic carbocycles. The van der Waals surface area contributed by atoms with Gasteiger partial charge >= 0.3 is 0 Å². The third-order valence-electron chi connectivity index (χ3n) is 6.36. The van der Waals surface area contributed by atoms with Crippen molar-refractivity contribution in [2.75, 3.05) is 6.54 Å². The van der Waals surface area contributed by atoms with Crippen LogP contribution >= 0.6 is 0 Å². The minimum Gasteiger partial charge on any atom is -0.357 e. The number of para-hydroxylation sites is 1. The number of nitrogens with one attached hydrogen (secondary N) is 2. The van der Waals surface area contributed by atoms with E-state index in [0.29, 0.717) is 5.92 Å². The Balaban J connectivity index is 1.70. The van der Waals surface area contributed by atoms with Crippen molar-refractivity contribution >= 4 is 21.7 Å². The molecule has 0 bridgehead atoms. The van der Waals surface area contributed by atoms with Crippen LogP contribution in [0.15, 0.2) is 66.7 Å². The summed E-state index contributed by atoms with van der Waals surface area (Å²) in [5.41, 5.74) is 5.37. The molecule has 0 fully saturated rings. The fraction of sp³-hybridized carbons (Fsp3) is 0.250. The first-order valence-corrected chi connectivity index (χ1v) is 9.51. The fourth-order valence-electron chi connectivity index (χ4n) is 4.75. The molecule has 0 amide bonds. The highest BCUT2D eigenvalue weighted by Crippen LogP contribution is 2.43. The van der Waals surface area contributed by atoms with Crippen molar-refractivity contribution in [2.24, 2.45) is 0 Å². The van der Waals surface area contributed by atoms with Crippen LogP contribution < -0.4 is 5.32 Å². The lowest BCUT2D eigenvalue weighted by molar-refractivity contribution is 0.290. The van der Waals surface area contributed by atoms with Crippen LogP contribution in [-0.2, 0) is 12.0 Å². The van der Waals surface area contributed by atoms with Gasteiger partial charge in [0.2, 0.25) is 0 Å². The molecule has 2 heterocycles. The minimum absolute atomic E-state index is 0.114. The van der Waals surface area contributed by atoms with Gasteiger partial charge in [0.25, 0.3) is 0 Å². The standard InChI is InChI=1S/C24H24N2/c1-16(18-12-7-9-17-8-3-4-10-19(17)18)24(2)23-21(14-15-25-24)20-11-5-6-13-22(20)26-23/h3-13,16,25-26H,14-15H2,1-2H3. The molecule has 5 rings (SSSR count). The molecule has 26 heavy (non-hydrogen) atoms. The summed E-state index contributed by atoms with van der Waals surface area (Å²) in [5, 5.41) is 7.89. The van der Waals surface area contributed by atoms with E-state index in [2.05, 4.69) is 90.9 Å². The second-order valence-electron chi connectivity index (χ2n) is 7.69. The first-order valence-electron chi connectivity index (χ1n) is 9.51. The van der Waals surface area contributed by atoms with Crippen molar-refractivity contribution in [2.45, 2.75) is 31.7 Å². The second-order valence-corrected chi connectivity index (χ2v) is 7.69. The summed E-state index contributed by atoms with van der Waals surface area (Å²) in [6.45, 7) is 5.72. The highest BCUT2D eigenvalue weighted by molar-refractivity contribution is 5.87. The summed E-state index contributed by atoms with van der Waals surface area (Å²) in [5.74, 6) is 0.348. The average molecular weight is 340 g/mol. The average Bonchev–Trinajstić information content (AvgIpc) is 3.07. The molecule has 2 nitrogen and oxygen atoms in total. The molecule has 130 valence electrons. The molecule has 0 saturated carbocycles. The van der Waals surface area contributed by atoms with E-state index in [1.54, 1.807) is 0 Å². The molecule has 4 aromatic rings. The van der Waals surface area contributed by atoms with Crippen LogP contribution in [0.1, 0.15) is 36.6 Å². The third kappa shape index (κ3) is 2.15. The Bertz CT molecular complexity index is 1100. The van der Waals surface area contributed by atoms with Gasteiger partial charge in [-0.05, 0) is 41.3 Å². The number of aromatic amines is 1. The molecule has 0 radical (unpaired) electrons. The van der Waals surface area contributed by atoms with Crippen LogP contribution in [0, 0.1) is 0 Å². The quantitative estimate of drug-likeness (QED) is 0.496. The van der Waals surface area contributed by atoms with E-state index >= 15 is 0 Å². The van der Waals surface area contributed by atoms with Crippen LogP contribution in [0.25, 0.3) is 21.7 Å². The number of H-pyrrole nitrogens is 1. The van der Waals surface area contributed by atoms with Crippen LogP contribution in [0.4, 0.5) is 0 Å². The van der Waals surface area contributed by atoms with E-state index in [9.17, 15) is 0 Å². The molecule has 0 saturated heterocycles. The van der Waals surface area contributed by atoms with E-state index in [1.807, 2.05) is 0 Å². The smallest absolute Gasteiger partial charge is 0.0628 e. The number of hydrogen-bond acceptors (Lipinski definition) is 1. The summed E-state index contributed by atoms with van der Waals surface area (Å²) >= 11 is 0. The molecular formula is C24H24N2. The predicted molar refractivity (Wildman–Crippen MR) is 110 cm³/mol. The van der Waals surface area contributed by atoms with Crippen molar-refractivity contribution in [3.63, 3.8) is 0 Å². The van der Waals surface area contributed by atoms with E-state index in [0.717, 1.165) is 13.0 Å². The van der Waals surface area contributed by atoms with Crippen LogP contribution in [0.5, 0.6) is 0 Å². The van der Waals surface area contributed by atoms with Crippen molar-refractivity contribution in [3.8, 4) is 0 Å². The number of hydrogen-bond donors (Lipinski definition) is 2. The van der Waals surface area contributed by atoms with Crippen LogP contribution in [0.2, 0.25) is 0 Å². The Morgan fingerprint density at radius 1 is 0.885 bits per heavy atom. The molecular weight excluding hydrogens is 316 g/mol. The van der Waals surface area contributed by atoms with Gasteiger partial charge in [0.05, 0.1) is 5.54 Å². The molecule has 0 aliphatic carbocycles. The Kier molecular flexibility index (Phi) is 3.44. The molecule has 1 aliphatic heterocycles. The zero-order chi connectivity index (χ0) is 17.7. The largest absolute Gasteiger partial charge is 0.357 e. The maximum absolute atomic E-state index is 3.84. The maximum Gasteiger partial charge on any atom is 0.0628 e. The first kappa shape index (κ1) is 15.7. The third-order valence-corrected chi connectivity index (χ3v) is 6.36. The minimum atomic E-state index is -0.114. The van der Waals surface area contributed by atoms with Gasteiger partial charge in [-0.3, -0.25) is 0 Å². The first-order chi connectivity index (χ1) is 12.7. The fourth-order valence-corrected chi connectivity index (χ4v) is 4.75. The van der Waals surface area contributed by atoms with Gasteiger partial charge in [0.15, 0.2) is 0 Å². The molecule has 2 heteroatoms. The van der Waals surface area contributed by atoms with Gasteiger partial charge in [-0.15, -0.1) is 0 Å². The van der Waals surface area contributed by atoms with E-state index < -0.39 is 0 Å². The van der Waals surface area contributed by atoms with E-state index in [-0.39, 0.29) is 5.54 Å². The lowest BCUT2D eigenvalue weighted by Gasteiger charge is -2.41. The molecule has 2 unspecified atom stereocenters. The summed E-state index contributed by atoms with van der Waals surface area (Å²) in [4.78, 5) is 3.74. The van der Waals surface area contributed by atoms with Crippen molar-refractivity contribution in [1.29, 1.82) is 0 Å². The van der Waals surface area contributed by atoms with Crippen molar-refractivity contribution < 1.29 is 0 Å². The Labute approximate surface area is 154 Å². The summed E-state index contributed by atoms with van der Waals surface area (Å²) < 4.78 is 0. The predicted octanol–water partition coefficient (Wildman–Crippen LogP) is 5.49. The molecule has 0 spiro atoms. The number of rotatable bonds is 2. The van der Waals surface area contributed by atoms with Gasteiger partial charge in [0.1, 0.15) is 0 Å². The van der Waals surface area contributed by atoms with Crippen LogP contribution in [-0.4, -0.2) is 11.5 Å². The van der Waals surface area contributed by atoms with Crippen molar-refractivity contribution in [1.82, 2.24) is 10.3 Å². The Morgan fingerprint density at radius 2 is 1.62 bits per heavy atom. The zero-order valence-electron chi connectivity index (χ0n) is 15.3. The summed E-state index contributed by atoms with van der Waals surface area (Å²) in [7, 11) is 0. The second kappa shape index (κ2) is 5.72. The lowest BCUT2D eigenvalue weighted by Crippen LogP contribution is -2.48. The SMILES string of the molecule is CC(c1cccc2ccccc12)C1(C)NCCc2c1[nH]c1ccccc21. The number of benzene rings is 3. The molecule has 1 aliphatic rings. The molecule has 2 N–H and O–H groups in total. The normalized spacial score (nSPS) is 21.0. The van der Waals surface area contributed by atoms with Gasteiger partial charge in [0, 0.05) is 29.1 Å². The van der Waals surface area contributed by atoms with Gasteiger partial charge < -0.3 is 10.3 Å². The van der Waals surface area contributed by atoms with Gasteiger partial charge in [-0.25, -0.2) is 0 Å². The number of fused-ring (bicyclic) bond motifs is 4. The monoisotopic (exact) mass is 340 g/mol. The Morgan fingerprint density at radius 3 is 2.50 bits per heavy atom. The Hall–Kier alpha value is -2.58. The summed E-state index contributed by atoms with van der Waals surface area (Å²) in [6, 6.07) is 24.1. The maximum atomic E-state index is 3.84. The summed E-state index contributed by atoms with van der Waals surface area (Å²) in [6.07, 6.45) is 1.08. The topological polar surface area (TPSA) is 27.8 Å². The molecule has 2 atom stereocenters. The highest BCUT2D eigenvalue weighted by Gasteiger charge is 2.40. The number of aromatic nitrogens is 1. The van der Waals surface area contributed by atoms with Crippen molar-refractivity contribution in [3.05, 3.63) is 83.6 Å². The van der Waals surface area contributed by atoms with E-state index in [1.165, 1.54) is 38.5 Å². The van der Waals surface area contributed by atoms with Gasteiger partial charge in [-0.2, -0.15) is 0 Å². The lowest BCUT2D eigenvalue weighted by atomic mass is 9.75. The molecule has 1 aromatic heterocycles. The van der Waals surface area contributed by atoms with Crippen LogP contribution in [0.3, 0.4) is 0 Å². The highest BCUT2D eigenvalue weighted by atomic mass is 15.0. The van der Waals surface area contributed by atoms with E-state index in [4.69, 9.17) is 0 Å². The van der Waals surface area contributed by atoms with Gasteiger partial charge in [-0.1, -0.05) is 67.6 Å². The zero-order valence-corrected chi connectivity index (χ0v) is 15.3.